The smallest absolute Gasteiger partial charge is 0.205 e. The SMILES string of the molecule is COc1c(C(=O)/C=C/c2ccccc2)c(O)c(OC)c2occc12. The van der Waals surface area contributed by atoms with Gasteiger partial charge < -0.3 is 19.0 Å². The molecule has 3 rings (SSSR count). The molecule has 0 unspecified atom stereocenters. The van der Waals surface area contributed by atoms with E-state index in [1.807, 2.05) is 30.3 Å². The monoisotopic (exact) mass is 324 g/mol. The van der Waals surface area contributed by atoms with Crippen molar-refractivity contribution < 1.29 is 23.8 Å². The van der Waals surface area contributed by atoms with Gasteiger partial charge in [0.15, 0.2) is 17.1 Å². The zero-order chi connectivity index (χ0) is 17.1. The average Bonchev–Trinajstić information content (AvgIpc) is 3.08. The Morgan fingerprint density at radius 2 is 1.79 bits per heavy atom. The first kappa shape index (κ1) is 15.7. The fourth-order valence-corrected chi connectivity index (χ4v) is 2.58. The van der Waals surface area contributed by atoms with Crippen molar-refractivity contribution in [1.29, 1.82) is 0 Å². The number of phenolic OH excluding ortho intramolecular Hbond substituents is 1. The number of benzene rings is 2. The van der Waals surface area contributed by atoms with Gasteiger partial charge in [0.05, 0.1) is 25.9 Å². The van der Waals surface area contributed by atoms with Gasteiger partial charge in [-0.1, -0.05) is 36.4 Å². The maximum atomic E-state index is 12.6. The van der Waals surface area contributed by atoms with Crippen LogP contribution in [0.15, 0.2) is 53.2 Å². The Kier molecular flexibility index (Phi) is 4.24. The molecule has 0 saturated carbocycles. The van der Waals surface area contributed by atoms with E-state index in [1.54, 1.807) is 12.1 Å². The van der Waals surface area contributed by atoms with Gasteiger partial charge in [-0.2, -0.15) is 0 Å². The summed E-state index contributed by atoms with van der Waals surface area (Å²) in [6.07, 6.45) is 4.51. The quantitative estimate of drug-likeness (QED) is 0.566. The minimum Gasteiger partial charge on any atom is -0.504 e. The number of rotatable bonds is 5. The van der Waals surface area contributed by atoms with E-state index in [9.17, 15) is 9.90 Å². The third-order valence-electron chi connectivity index (χ3n) is 3.68. The lowest BCUT2D eigenvalue weighted by atomic mass is 10.0. The second-order valence-corrected chi connectivity index (χ2v) is 5.06. The maximum Gasteiger partial charge on any atom is 0.205 e. The minimum absolute atomic E-state index is 0.0374. The van der Waals surface area contributed by atoms with Crippen molar-refractivity contribution in [3.05, 3.63) is 59.9 Å². The molecule has 1 heterocycles. The predicted octanol–water partition coefficient (Wildman–Crippen LogP) is 4.05. The highest BCUT2D eigenvalue weighted by atomic mass is 16.5. The summed E-state index contributed by atoms with van der Waals surface area (Å²) in [5, 5.41) is 11.0. The molecule has 0 aliphatic carbocycles. The first-order valence-corrected chi connectivity index (χ1v) is 7.29. The Hall–Kier alpha value is -3.21. The Bertz CT molecular complexity index is 906. The molecule has 0 atom stereocenters. The van der Waals surface area contributed by atoms with E-state index in [0.717, 1.165) is 5.56 Å². The topological polar surface area (TPSA) is 68.9 Å². The zero-order valence-electron chi connectivity index (χ0n) is 13.3. The van der Waals surface area contributed by atoms with E-state index in [-0.39, 0.29) is 22.8 Å². The minimum atomic E-state index is -0.394. The lowest BCUT2D eigenvalue weighted by Crippen LogP contribution is -2.02. The first-order valence-electron chi connectivity index (χ1n) is 7.29. The molecule has 0 saturated heterocycles. The van der Waals surface area contributed by atoms with Gasteiger partial charge in [0, 0.05) is 0 Å². The molecule has 0 amide bonds. The Labute approximate surface area is 138 Å². The third kappa shape index (κ3) is 2.60. The number of phenols is 1. The normalized spacial score (nSPS) is 11.1. The fourth-order valence-electron chi connectivity index (χ4n) is 2.58. The highest BCUT2D eigenvalue weighted by molar-refractivity contribution is 6.15. The summed E-state index contributed by atoms with van der Waals surface area (Å²) in [4.78, 5) is 12.6. The number of furan rings is 1. The van der Waals surface area contributed by atoms with Crippen LogP contribution in [0.1, 0.15) is 15.9 Å². The molecular weight excluding hydrogens is 308 g/mol. The summed E-state index contributed by atoms with van der Waals surface area (Å²) >= 11 is 0. The van der Waals surface area contributed by atoms with Crippen LogP contribution in [0, 0.1) is 0 Å². The molecule has 0 aliphatic rings. The van der Waals surface area contributed by atoms with Crippen LogP contribution in [0.3, 0.4) is 0 Å². The summed E-state index contributed by atoms with van der Waals surface area (Å²) < 4.78 is 15.9. The van der Waals surface area contributed by atoms with Crippen LogP contribution in [0.25, 0.3) is 17.0 Å². The molecule has 0 aliphatic heterocycles. The van der Waals surface area contributed by atoms with Gasteiger partial charge in [-0.05, 0) is 17.7 Å². The largest absolute Gasteiger partial charge is 0.504 e. The molecule has 122 valence electrons. The summed E-state index contributed by atoms with van der Waals surface area (Å²) in [5.41, 5.74) is 1.24. The van der Waals surface area contributed by atoms with Crippen LogP contribution in [-0.2, 0) is 0 Å². The summed E-state index contributed by atoms with van der Waals surface area (Å²) in [5.74, 6) is -0.346. The molecule has 5 heteroatoms. The molecule has 2 aromatic carbocycles. The highest BCUT2D eigenvalue weighted by Crippen LogP contribution is 2.45. The van der Waals surface area contributed by atoms with Gasteiger partial charge in [0.25, 0.3) is 0 Å². The van der Waals surface area contributed by atoms with Crippen LogP contribution < -0.4 is 9.47 Å². The van der Waals surface area contributed by atoms with Gasteiger partial charge in [-0.25, -0.2) is 0 Å². The lowest BCUT2D eigenvalue weighted by molar-refractivity contribution is 0.104. The summed E-state index contributed by atoms with van der Waals surface area (Å²) in [6, 6.07) is 11.1. The summed E-state index contributed by atoms with van der Waals surface area (Å²) in [6.45, 7) is 0. The molecule has 3 aromatic rings. The molecule has 0 radical (unpaired) electrons. The number of hydrogen-bond acceptors (Lipinski definition) is 5. The second kappa shape index (κ2) is 6.50. The number of carbonyl (C=O) groups is 1. The Morgan fingerprint density at radius 1 is 1.08 bits per heavy atom. The van der Waals surface area contributed by atoms with E-state index in [2.05, 4.69) is 0 Å². The van der Waals surface area contributed by atoms with Crippen molar-refractivity contribution in [1.82, 2.24) is 0 Å². The van der Waals surface area contributed by atoms with Gasteiger partial charge in [-0.15, -0.1) is 0 Å². The van der Waals surface area contributed by atoms with Gasteiger partial charge >= 0.3 is 0 Å². The predicted molar refractivity (Wildman–Crippen MR) is 90.8 cm³/mol. The van der Waals surface area contributed by atoms with Crippen LogP contribution in [-0.4, -0.2) is 25.1 Å². The fraction of sp³-hybridized carbons (Fsp3) is 0.105. The van der Waals surface area contributed by atoms with E-state index < -0.39 is 5.78 Å². The second-order valence-electron chi connectivity index (χ2n) is 5.06. The number of ketones is 1. The first-order chi connectivity index (χ1) is 11.7. The Morgan fingerprint density at radius 3 is 2.46 bits per heavy atom. The van der Waals surface area contributed by atoms with E-state index in [1.165, 1.54) is 26.6 Å². The molecule has 5 nitrogen and oxygen atoms in total. The molecule has 0 fully saturated rings. The molecule has 0 spiro atoms. The van der Waals surface area contributed by atoms with E-state index in [0.29, 0.717) is 11.0 Å². The number of allylic oxidation sites excluding steroid dienone is 1. The van der Waals surface area contributed by atoms with Crippen LogP contribution >= 0.6 is 0 Å². The molecule has 1 N–H and O–H groups in total. The number of hydrogen-bond donors (Lipinski definition) is 1. The zero-order valence-corrected chi connectivity index (χ0v) is 13.3. The molecule has 24 heavy (non-hydrogen) atoms. The van der Waals surface area contributed by atoms with Crippen LogP contribution in [0.4, 0.5) is 0 Å². The van der Waals surface area contributed by atoms with Crippen LogP contribution in [0.2, 0.25) is 0 Å². The van der Waals surface area contributed by atoms with Crippen LogP contribution in [0.5, 0.6) is 17.2 Å². The van der Waals surface area contributed by atoms with Crippen molar-refractivity contribution >= 4 is 22.8 Å². The van der Waals surface area contributed by atoms with Crippen molar-refractivity contribution in [2.75, 3.05) is 14.2 Å². The molecule has 0 bridgehead atoms. The highest BCUT2D eigenvalue weighted by Gasteiger charge is 2.26. The van der Waals surface area contributed by atoms with Gasteiger partial charge in [0.2, 0.25) is 5.75 Å². The van der Waals surface area contributed by atoms with Crippen molar-refractivity contribution in [2.24, 2.45) is 0 Å². The summed E-state index contributed by atoms with van der Waals surface area (Å²) in [7, 11) is 2.84. The van der Waals surface area contributed by atoms with Gasteiger partial charge in [-0.3, -0.25) is 4.79 Å². The Balaban J connectivity index is 2.12. The standard InChI is InChI=1S/C19H16O5/c1-22-17-13-10-11-24-18(13)19(23-2)16(21)15(17)14(20)9-8-12-6-4-3-5-7-12/h3-11,21H,1-2H3/b9-8+. The number of ether oxygens (including phenoxy) is 2. The maximum absolute atomic E-state index is 12.6. The lowest BCUT2D eigenvalue weighted by Gasteiger charge is -2.12. The number of aromatic hydroxyl groups is 1. The number of methoxy groups -OCH3 is 2. The van der Waals surface area contributed by atoms with Crippen molar-refractivity contribution in [3.63, 3.8) is 0 Å². The van der Waals surface area contributed by atoms with Crippen molar-refractivity contribution in [3.8, 4) is 17.2 Å². The van der Waals surface area contributed by atoms with E-state index >= 15 is 0 Å². The third-order valence-corrected chi connectivity index (χ3v) is 3.68. The average molecular weight is 324 g/mol. The molecule has 1 aromatic heterocycles. The van der Waals surface area contributed by atoms with Crippen molar-refractivity contribution in [2.45, 2.75) is 0 Å². The van der Waals surface area contributed by atoms with E-state index in [4.69, 9.17) is 13.9 Å². The number of fused-ring (bicyclic) bond motifs is 1. The molecular formula is C19H16O5. The van der Waals surface area contributed by atoms with Gasteiger partial charge in [0.1, 0.15) is 11.3 Å². The number of carbonyl (C=O) groups excluding carboxylic acids is 1.